The highest BCUT2D eigenvalue weighted by Crippen LogP contribution is 2.38. The van der Waals surface area contributed by atoms with Gasteiger partial charge in [0.2, 0.25) is 5.91 Å². The van der Waals surface area contributed by atoms with Crippen LogP contribution in [-0.4, -0.2) is 79.0 Å². The highest BCUT2D eigenvalue weighted by atomic mass is 16.5. The van der Waals surface area contributed by atoms with Crippen molar-refractivity contribution in [3.63, 3.8) is 0 Å². The number of fused-ring (bicyclic) bond motifs is 1. The zero-order chi connectivity index (χ0) is 21.9. The molecular formula is C24H29N3O5. The number of likely N-dealkylation sites (tertiary alicyclic amines) is 1. The summed E-state index contributed by atoms with van der Waals surface area (Å²) in [6.45, 7) is 5.02. The van der Waals surface area contributed by atoms with E-state index in [0.29, 0.717) is 51.7 Å². The van der Waals surface area contributed by atoms with Crippen LogP contribution in [0.1, 0.15) is 41.4 Å². The molecule has 1 atom stereocenters. The van der Waals surface area contributed by atoms with Gasteiger partial charge in [-0.05, 0) is 42.7 Å². The van der Waals surface area contributed by atoms with Crippen LogP contribution in [0, 0.1) is 0 Å². The molecule has 0 radical (unpaired) electrons. The van der Waals surface area contributed by atoms with E-state index in [1.54, 1.807) is 17.0 Å². The molecule has 5 rings (SSSR count). The number of carbonyl (C=O) groups is 2. The SMILES string of the molecule is O=C(c1ccco1)N1CCN(CC(=O)N2CCC[C@@H]2c2ccc3c(c2)OCCCO3)CC1. The molecule has 4 heterocycles. The fourth-order valence-electron chi connectivity index (χ4n) is 4.75. The lowest BCUT2D eigenvalue weighted by Gasteiger charge is -2.35. The molecule has 2 aromatic rings. The highest BCUT2D eigenvalue weighted by molar-refractivity contribution is 5.91. The van der Waals surface area contributed by atoms with Crippen LogP contribution in [0.3, 0.4) is 0 Å². The second-order valence-electron chi connectivity index (χ2n) is 8.55. The maximum absolute atomic E-state index is 13.2. The van der Waals surface area contributed by atoms with Crippen molar-refractivity contribution in [2.24, 2.45) is 0 Å². The van der Waals surface area contributed by atoms with E-state index in [2.05, 4.69) is 11.0 Å². The number of rotatable bonds is 4. The van der Waals surface area contributed by atoms with Crippen molar-refractivity contribution in [2.75, 3.05) is 52.5 Å². The number of hydrogen-bond acceptors (Lipinski definition) is 6. The standard InChI is InChI=1S/C24H29N3O5/c28-23(17-25-9-11-26(12-10-25)24(29)21-5-2-13-31-21)27-8-1-4-19(27)18-6-7-20-22(16-18)32-15-3-14-30-20/h2,5-7,13,16,19H,1,3-4,8-12,14-15,17H2/t19-/m1/s1. The quantitative estimate of drug-likeness (QED) is 0.729. The normalized spacial score (nSPS) is 21.4. The molecule has 0 aliphatic carbocycles. The highest BCUT2D eigenvalue weighted by Gasteiger charge is 2.32. The lowest BCUT2D eigenvalue weighted by molar-refractivity contribution is -0.133. The lowest BCUT2D eigenvalue weighted by Crippen LogP contribution is -2.51. The number of ether oxygens (including phenoxy) is 2. The van der Waals surface area contributed by atoms with E-state index in [9.17, 15) is 9.59 Å². The van der Waals surface area contributed by atoms with E-state index in [0.717, 1.165) is 42.9 Å². The first kappa shape index (κ1) is 20.9. The molecule has 8 heteroatoms. The molecule has 2 saturated heterocycles. The van der Waals surface area contributed by atoms with Crippen LogP contribution < -0.4 is 9.47 Å². The first-order valence-electron chi connectivity index (χ1n) is 11.4. The Balaban J connectivity index is 1.19. The molecule has 0 unspecified atom stereocenters. The van der Waals surface area contributed by atoms with Crippen molar-refractivity contribution < 1.29 is 23.5 Å². The van der Waals surface area contributed by atoms with E-state index in [4.69, 9.17) is 13.9 Å². The van der Waals surface area contributed by atoms with Crippen LogP contribution in [0.25, 0.3) is 0 Å². The Hall–Kier alpha value is -3.00. The zero-order valence-corrected chi connectivity index (χ0v) is 18.2. The van der Waals surface area contributed by atoms with Gasteiger partial charge in [-0.15, -0.1) is 0 Å². The number of nitrogens with zero attached hydrogens (tertiary/aromatic N) is 3. The van der Waals surface area contributed by atoms with Gasteiger partial charge in [0.1, 0.15) is 0 Å². The van der Waals surface area contributed by atoms with Gasteiger partial charge in [0, 0.05) is 39.1 Å². The molecular weight excluding hydrogens is 410 g/mol. The minimum atomic E-state index is -0.0880. The fourth-order valence-corrected chi connectivity index (χ4v) is 4.75. The van der Waals surface area contributed by atoms with Crippen LogP contribution in [0.15, 0.2) is 41.0 Å². The molecule has 0 N–H and O–H groups in total. The number of carbonyl (C=O) groups excluding carboxylic acids is 2. The van der Waals surface area contributed by atoms with Gasteiger partial charge in [0.15, 0.2) is 17.3 Å². The van der Waals surface area contributed by atoms with Gasteiger partial charge in [-0.1, -0.05) is 6.07 Å². The molecule has 0 bridgehead atoms. The summed E-state index contributed by atoms with van der Waals surface area (Å²) in [7, 11) is 0. The summed E-state index contributed by atoms with van der Waals surface area (Å²) >= 11 is 0. The number of benzene rings is 1. The number of furan rings is 1. The van der Waals surface area contributed by atoms with Crippen molar-refractivity contribution in [3.05, 3.63) is 47.9 Å². The summed E-state index contributed by atoms with van der Waals surface area (Å²) in [5.74, 6) is 1.98. The third-order valence-electron chi connectivity index (χ3n) is 6.48. The first-order valence-corrected chi connectivity index (χ1v) is 11.4. The topological polar surface area (TPSA) is 75.5 Å². The van der Waals surface area contributed by atoms with Gasteiger partial charge >= 0.3 is 0 Å². The zero-order valence-electron chi connectivity index (χ0n) is 18.2. The second-order valence-corrected chi connectivity index (χ2v) is 8.55. The number of hydrogen-bond donors (Lipinski definition) is 0. The lowest BCUT2D eigenvalue weighted by atomic mass is 10.0. The second kappa shape index (κ2) is 9.24. The van der Waals surface area contributed by atoms with Crippen molar-refractivity contribution in [1.82, 2.24) is 14.7 Å². The van der Waals surface area contributed by atoms with Crippen molar-refractivity contribution >= 4 is 11.8 Å². The average Bonchev–Trinajstić information content (AvgIpc) is 3.48. The average molecular weight is 440 g/mol. The molecule has 3 aliphatic rings. The third-order valence-corrected chi connectivity index (χ3v) is 6.48. The van der Waals surface area contributed by atoms with Crippen LogP contribution >= 0.6 is 0 Å². The Kier molecular flexibility index (Phi) is 6.03. The molecule has 0 saturated carbocycles. The molecule has 32 heavy (non-hydrogen) atoms. The molecule has 3 aliphatic heterocycles. The maximum Gasteiger partial charge on any atom is 0.289 e. The summed E-state index contributed by atoms with van der Waals surface area (Å²) in [6.07, 6.45) is 4.34. The minimum Gasteiger partial charge on any atom is -0.490 e. The monoisotopic (exact) mass is 439 g/mol. The van der Waals surface area contributed by atoms with E-state index >= 15 is 0 Å². The Morgan fingerprint density at radius 2 is 1.75 bits per heavy atom. The van der Waals surface area contributed by atoms with Crippen molar-refractivity contribution in [2.45, 2.75) is 25.3 Å². The van der Waals surface area contributed by atoms with Gasteiger partial charge in [-0.3, -0.25) is 14.5 Å². The van der Waals surface area contributed by atoms with E-state index in [-0.39, 0.29) is 17.9 Å². The Morgan fingerprint density at radius 1 is 0.938 bits per heavy atom. The van der Waals surface area contributed by atoms with Gasteiger partial charge < -0.3 is 23.7 Å². The summed E-state index contributed by atoms with van der Waals surface area (Å²) in [5, 5.41) is 0. The molecule has 2 amide bonds. The van der Waals surface area contributed by atoms with Crippen LogP contribution in [0.4, 0.5) is 0 Å². The summed E-state index contributed by atoms with van der Waals surface area (Å²) in [5.41, 5.74) is 1.11. The van der Waals surface area contributed by atoms with Gasteiger partial charge in [0.05, 0.1) is 32.1 Å². The molecule has 8 nitrogen and oxygen atoms in total. The molecule has 2 fully saturated rings. The van der Waals surface area contributed by atoms with Crippen molar-refractivity contribution in [3.8, 4) is 11.5 Å². The molecule has 1 aromatic heterocycles. The van der Waals surface area contributed by atoms with Crippen molar-refractivity contribution in [1.29, 1.82) is 0 Å². The minimum absolute atomic E-state index is 0.0708. The van der Waals surface area contributed by atoms with Crippen LogP contribution in [0.5, 0.6) is 11.5 Å². The predicted molar refractivity (Wildman–Crippen MR) is 117 cm³/mol. The Morgan fingerprint density at radius 3 is 2.53 bits per heavy atom. The smallest absolute Gasteiger partial charge is 0.289 e. The van der Waals surface area contributed by atoms with Crippen LogP contribution in [0.2, 0.25) is 0 Å². The van der Waals surface area contributed by atoms with Gasteiger partial charge in [-0.25, -0.2) is 0 Å². The summed E-state index contributed by atoms with van der Waals surface area (Å²) in [4.78, 5) is 31.5. The van der Waals surface area contributed by atoms with E-state index in [1.807, 2.05) is 17.0 Å². The van der Waals surface area contributed by atoms with Gasteiger partial charge in [-0.2, -0.15) is 0 Å². The van der Waals surface area contributed by atoms with E-state index in [1.165, 1.54) is 6.26 Å². The Labute approximate surface area is 187 Å². The van der Waals surface area contributed by atoms with E-state index < -0.39 is 0 Å². The first-order chi connectivity index (χ1) is 15.7. The Bertz CT molecular complexity index is 953. The number of piperazine rings is 1. The predicted octanol–water partition coefficient (Wildman–Crippen LogP) is 2.56. The fraction of sp³-hybridized carbons (Fsp3) is 0.500. The molecule has 170 valence electrons. The molecule has 1 aromatic carbocycles. The third kappa shape index (κ3) is 4.32. The number of amides is 2. The van der Waals surface area contributed by atoms with Crippen LogP contribution in [-0.2, 0) is 4.79 Å². The summed E-state index contributed by atoms with van der Waals surface area (Å²) in [6, 6.07) is 9.54. The largest absolute Gasteiger partial charge is 0.490 e. The maximum atomic E-state index is 13.2. The summed E-state index contributed by atoms with van der Waals surface area (Å²) < 4.78 is 16.8. The van der Waals surface area contributed by atoms with Gasteiger partial charge in [0.25, 0.3) is 5.91 Å². The molecule has 0 spiro atoms.